The zero-order valence-corrected chi connectivity index (χ0v) is 12.8. The van der Waals surface area contributed by atoms with E-state index in [9.17, 15) is 4.79 Å². The SMILES string of the molecule is Cc1nn2c(=O)cc(CN3CCOc4ccccc43)nc2s1. The van der Waals surface area contributed by atoms with Crippen LogP contribution in [0.15, 0.2) is 35.1 Å². The summed E-state index contributed by atoms with van der Waals surface area (Å²) < 4.78 is 7.01. The molecule has 1 aromatic carbocycles. The van der Waals surface area contributed by atoms with E-state index < -0.39 is 0 Å². The number of para-hydroxylation sites is 2. The quantitative estimate of drug-likeness (QED) is 0.722. The maximum atomic E-state index is 12.1. The Balaban J connectivity index is 1.71. The van der Waals surface area contributed by atoms with E-state index in [1.54, 1.807) is 6.07 Å². The number of aryl methyl sites for hydroxylation is 1. The van der Waals surface area contributed by atoms with Crippen molar-refractivity contribution in [2.45, 2.75) is 13.5 Å². The second-order valence-corrected chi connectivity index (χ2v) is 6.30. The van der Waals surface area contributed by atoms with Crippen molar-refractivity contribution in [2.75, 3.05) is 18.1 Å². The van der Waals surface area contributed by atoms with Gasteiger partial charge in [-0.2, -0.15) is 9.61 Å². The van der Waals surface area contributed by atoms with Crippen molar-refractivity contribution in [3.05, 3.63) is 51.4 Å². The first-order valence-electron chi connectivity index (χ1n) is 7.04. The largest absolute Gasteiger partial charge is 0.490 e. The molecule has 3 aromatic rings. The molecule has 2 aromatic heterocycles. The summed E-state index contributed by atoms with van der Waals surface area (Å²) in [6, 6.07) is 9.48. The van der Waals surface area contributed by atoms with Crippen molar-refractivity contribution < 1.29 is 4.74 Å². The summed E-state index contributed by atoms with van der Waals surface area (Å²) in [5.74, 6) is 0.875. The number of anilines is 1. The summed E-state index contributed by atoms with van der Waals surface area (Å²) >= 11 is 1.43. The molecule has 22 heavy (non-hydrogen) atoms. The minimum absolute atomic E-state index is 0.133. The van der Waals surface area contributed by atoms with Crippen LogP contribution in [0.5, 0.6) is 5.75 Å². The number of ether oxygens (including phenoxy) is 1. The number of nitrogens with zero attached hydrogens (tertiary/aromatic N) is 4. The van der Waals surface area contributed by atoms with E-state index in [0.29, 0.717) is 18.1 Å². The lowest BCUT2D eigenvalue weighted by molar-refractivity contribution is 0.306. The van der Waals surface area contributed by atoms with Gasteiger partial charge in [0.2, 0.25) is 4.96 Å². The summed E-state index contributed by atoms with van der Waals surface area (Å²) in [4.78, 5) is 19.5. The number of hydrogen-bond acceptors (Lipinski definition) is 6. The van der Waals surface area contributed by atoms with Crippen molar-refractivity contribution in [1.82, 2.24) is 14.6 Å². The third kappa shape index (κ3) is 2.23. The average molecular weight is 314 g/mol. The van der Waals surface area contributed by atoms with Crippen molar-refractivity contribution in [3.63, 3.8) is 0 Å². The summed E-state index contributed by atoms with van der Waals surface area (Å²) in [6.07, 6.45) is 0. The second-order valence-electron chi connectivity index (χ2n) is 5.14. The van der Waals surface area contributed by atoms with Gasteiger partial charge >= 0.3 is 0 Å². The van der Waals surface area contributed by atoms with E-state index >= 15 is 0 Å². The minimum atomic E-state index is -0.133. The molecular weight excluding hydrogens is 300 g/mol. The minimum Gasteiger partial charge on any atom is -0.490 e. The molecule has 4 rings (SSSR count). The molecule has 0 aliphatic carbocycles. The van der Waals surface area contributed by atoms with E-state index in [2.05, 4.69) is 15.0 Å². The highest BCUT2D eigenvalue weighted by atomic mass is 32.1. The van der Waals surface area contributed by atoms with Gasteiger partial charge in [0.25, 0.3) is 5.56 Å². The Morgan fingerprint density at radius 3 is 3.14 bits per heavy atom. The van der Waals surface area contributed by atoms with Crippen LogP contribution in [0.3, 0.4) is 0 Å². The topological polar surface area (TPSA) is 59.7 Å². The van der Waals surface area contributed by atoms with Crippen LogP contribution < -0.4 is 15.2 Å². The zero-order valence-electron chi connectivity index (χ0n) is 12.0. The molecule has 0 fully saturated rings. The molecule has 112 valence electrons. The van der Waals surface area contributed by atoms with Crippen molar-refractivity contribution in [2.24, 2.45) is 0 Å². The maximum absolute atomic E-state index is 12.1. The van der Waals surface area contributed by atoms with Gasteiger partial charge < -0.3 is 9.64 Å². The lowest BCUT2D eigenvalue weighted by Gasteiger charge is -2.30. The average Bonchev–Trinajstić information content (AvgIpc) is 2.89. The number of aromatic nitrogens is 3. The fourth-order valence-corrected chi connectivity index (χ4v) is 3.39. The maximum Gasteiger partial charge on any atom is 0.275 e. The molecule has 6 nitrogen and oxygen atoms in total. The molecule has 0 saturated heterocycles. The Morgan fingerprint density at radius 2 is 2.23 bits per heavy atom. The molecule has 0 atom stereocenters. The van der Waals surface area contributed by atoms with Gasteiger partial charge in [-0.25, -0.2) is 4.98 Å². The predicted octanol–water partition coefficient (Wildman–Crippen LogP) is 1.86. The van der Waals surface area contributed by atoms with E-state index in [1.165, 1.54) is 15.9 Å². The van der Waals surface area contributed by atoms with Crippen LogP contribution in [-0.2, 0) is 6.54 Å². The van der Waals surface area contributed by atoms with Gasteiger partial charge in [0.15, 0.2) is 0 Å². The fraction of sp³-hybridized carbons (Fsp3) is 0.267. The molecule has 1 aliphatic heterocycles. The summed E-state index contributed by atoms with van der Waals surface area (Å²) in [6.45, 7) is 3.87. The van der Waals surface area contributed by atoms with E-state index in [4.69, 9.17) is 4.74 Å². The zero-order chi connectivity index (χ0) is 15.1. The molecule has 0 radical (unpaired) electrons. The smallest absolute Gasteiger partial charge is 0.275 e. The van der Waals surface area contributed by atoms with Crippen molar-refractivity contribution >= 4 is 22.0 Å². The van der Waals surface area contributed by atoms with Gasteiger partial charge in [-0.05, 0) is 19.1 Å². The Morgan fingerprint density at radius 1 is 1.36 bits per heavy atom. The van der Waals surface area contributed by atoms with Gasteiger partial charge in [0.1, 0.15) is 17.4 Å². The molecule has 1 aliphatic rings. The summed E-state index contributed by atoms with van der Waals surface area (Å²) in [7, 11) is 0. The molecule has 3 heterocycles. The Bertz CT molecular complexity index is 902. The van der Waals surface area contributed by atoms with Crippen LogP contribution in [-0.4, -0.2) is 27.7 Å². The van der Waals surface area contributed by atoms with Crippen molar-refractivity contribution in [3.8, 4) is 5.75 Å². The molecule has 0 N–H and O–H groups in total. The van der Waals surface area contributed by atoms with E-state index in [0.717, 1.165) is 28.7 Å². The first-order valence-corrected chi connectivity index (χ1v) is 7.85. The molecule has 0 unspecified atom stereocenters. The third-order valence-corrected chi connectivity index (χ3v) is 4.40. The fourth-order valence-electron chi connectivity index (χ4n) is 2.62. The van der Waals surface area contributed by atoms with Gasteiger partial charge in [-0.3, -0.25) is 4.79 Å². The number of rotatable bonds is 2. The van der Waals surface area contributed by atoms with Crippen LogP contribution in [0.1, 0.15) is 10.7 Å². The normalized spacial score (nSPS) is 14.0. The first kappa shape index (κ1) is 13.3. The Hall–Kier alpha value is -2.41. The van der Waals surface area contributed by atoms with Crippen LogP contribution in [0, 0.1) is 6.92 Å². The van der Waals surface area contributed by atoms with Crippen molar-refractivity contribution in [1.29, 1.82) is 0 Å². The summed E-state index contributed by atoms with van der Waals surface area (Å²) in [5, 5.41) is 5.00. The van der Waals surface area contributed by atoms with Gasteiger partial charge in [0, 0.05) is 6.07 Å². The number of benzene rings is 1. The molecule has 0 bridgehead atoms. The molecule has 7 heteroatoms. The van der Waals surface area contributed by atoms with Crippen LogP contribution in [0.4, 0.5) is 5.69 Å². The monoisotopic (exact) mass is 314 g/mol. The van der Waals surface area contributed by atoms with Crippen LogP contribution >= 0.6 is 11.3 Å². The van der Waals surface area contributed by atoms with Gasteiger partial charge in [0.05, 0.1) is 24.5 Å². The summed E-state index contributed by atoms with van der Waals surface area (Å²) in [5.41, 5.74) is 1.66. The molecular formula is C15H14N4O2S. The number of hydrogen-bond donors (Lipinski definition) is 0. The van der Waals surface area contributed by atoms with Crippen LogP contribution in [0.25, 0.3) is 4.96 Å². The highest BCUT2D eigenvalue weighted by Gasteiger charge is 2.18. The Kier molecular flexibility index (Phi) is 3.07. The third-order valence-electron chi connectivity index (χ3n) is 3.58. The molecule has 0 saturated carbocycles. The predicted molar refractivity (Wildman–Crippen MR) is 84.9 cm³/mol. The van der Waals surface area contributed by atoms with Crippen LogP contribution in [0.2, 0.25) is 0 Å². The van der Waals surface area contributed by atoms with E-state index in [-0.39, 0.29) is 5.56 Å². The first-order chi connectivity index (χ1) is 10.7. The Labute approximate surface area is 130 Å². The highest BCUT2D eigenvalue weighted by molar-refractivity contribution is 7.16. The standard InChI is InChI=1S/C15H14N4O2S/c1-10-17-19-14(20)8-11(16-15(19)22-10)9-18-6-7-21-13-5-3-2-4-12(13)18/h2-5,8H,6-7,9H2,1H3. The lowest BCUT2D eigenvalue weighted by atomic mass is 10.2. The van der Waals surface area contributed by atoms with Gasteiger partial charge in [-0.1, -0.05) is 23.5 Å². The lowest BCUT2D eigenvalue weighted by Crippen LogP contribution is -2.33. The number of fused-ring (bicyclic) bond motifs is 2. The second kappa shape index (κ2) is 5.10. The van der Waals surface area contributed by atoms with Gasteiger partial charge in [-0.15, -0.1) is 0 Å². The van der Waals surface area contributed by atoms with E-state index in [1.807, 2.05) is 31.2 Å². The molecule has 0 amide bonds. The highest BCUT2D eigenvalue weighted by Crippen LogP contribution is 2.31. The molecule has 0 spiro atoms.